The molecule has 0 spiro atoms. The van der Waals surface area contributed by atoms with Crippen molar-refractivity contribution in [2.45, 2.75) is 0 Å². The Hall–Kier alpha value is -3.03. The van der Waals surface area contributed by atoms with Crippen molar-refractivity contribution in [1.29, 1.82) is 0 Å². The van der Waals surface area contributed by atoms with Gasteiger partial charge in [-0.2, -0.15) is 0 Å². The highest BCUT2D eigenvalue weighted by Crippen LogP contribution is 2.15. The number of carbonyl (C=O) groups is 2. The summed E-state index contributed by atoms with van der Waals surface area (Å²) in [4.78, 5) is 43.9. The van der Waals surface area contributed by atoms with Crippen molar-refractivity contribution in [3.8, 4) is 0 Å². The number of pyridine rings is 1. The maximum absolute atomic E-state index is 12.4. The molecule has 0 unspecified atom stereocenters. The number of carbonyl (C=O) groups excluding carboxylic acids is 2. The lowest BCUT2D eigenvalue weighted by molar-refractivity contribution is 0.0747. The highest BCUT2D eigenvalue weighted by atomic mass is 16.2. The van der Waals surface area contributed by atoms with Crippen molar-refractivity contribution < 1.29 is 9.59 Å². The maximum atomic E-state index is 12.4. The molecular weight excluding hydrogens is 298 g/mol. The molecule has 0 aromatic carbocycles. The summed E-state index contributed by atoms with van der Waals surface area (Å²) >= 11 is 0. The molecule has 0 radical (unpaired) electrons. The fourth-order valence-electron chi connectivity index (χ4n) is 2.64. The van der Waals surface area contributed by atoms with Gasteiger partial charge in [0.05, 0.1) is 5.56 Å². The lowest BCUT2D eigenvalue weighted by Gasteiger charge is -2.35. The van der Waals surface area contributed by atoms with Crippen LogP contribution in [0.5, 0.6) is 0 Å². The second-order valence-corrected chi connectivity index (χ2v) is 5.36. The van der Waals surface area contributed by atoms with E-state index in [1.807, 2.05) is 6.07 Å². The summed E-state index contributed by atoms with van der Waals surface area (Å²) in [6.45, 7) is 2.37. The van der Waals surface area contributed by atoms with Crippen LogP contribution >= 0.6 is 0 Å². The molecule has 8 heteroatoms. The molecular formula is C15H17N5O3. The highest BCUT2D eigenvalue weighted by Gasteiger charge is 2.23. The van der Waals surface area contributed by atoms with Gasteiger partial charge < -0.3 is 25.5 Å². The number of nitrogens with one attached hydrogen (secondary N) is 2. The smallest absolute Gasteiger partial charge is 0.265 e. The van der Waals surface area contributed by atoms with Gasteiger partial charge in [0.2, 0.25) is 5.56 Å². The number of piperazine rings is 1. The summed E-state index contributed by atoms with van der Waals surface area (Å²) < 4.78 is 0. The lowest BCUT2D eigenvalue weighted by Crippen LogP contribution is -2.48. The van der Waals surface area contributed by atoms with Crippen molar-refractivity contribution in [2.24, 2.45) is 5.73 Å². The van der Waals surface area contributed by atoms with E-state index in [0.717, 1.165) is 5.69 Å². The molecule has 0 bridgehead atoms. The van der Waals surface area contributed by atoms with E-state index in [9.17, 15) is 14.4 Å². The van der Waals surface area contributed by atoms with E-state index in [2.05, 4.69) is 14.9 Å². The fraction of sp³-hybridized carbons (Fsp3) is 0.267. The Morgan fingerprint density at radius 1 is 1.09 bits per heavy atom. The van der Waals surface area contributed by atoms with Gasteiger partial charge in [-0.1, -0.05) is 0 Å². The van der Waals surface area contributed by atoms with Gasteiger partial charge in [0, 0.05) is 50.3 Å². The van der Waals surface area contributed by atoms with Gasteiger partial charge in [-0.25, -0.2) is 0 Å². The number of nitrogens with zero attached hydrogens (tertiary/aromatic N) is 2. The molecule has 1 aliphatic heterocycles. The first-order valence-electron chi connectivity index (χ1n) is 7.26. The number of primary amides is 1. The second-order valence-electron chi connectivity index (χ2n) is 5.36. The summed E-state index contributed by atoms with van der Waals surface area (Å²) in [7, 11) is 0. The van der Waals surface area contributed by atoms with Gasteiger partial charge in [-0.05, 0) is 12.1 Å². The maximum Gasteiger partial charge on any atom is 0.265 e. The molecule has 120 valence electrons. The minimum absolute atomic E-state index is 0.140. The van der Waals surface area contributed by atoms with Crippen molar-refractivity contribution in [3.63, 3.8) is 0 Å². The summed E-state index contributed by atoms with van der Waals surface area (Å²) in [5.41, 5.74) is 6.51. The zero-order chi connectivity index (χ0) is 16.4. The van der Waals surface area contributed by atoms with Crippen LogP contribution in [0.15, 0.2) is 35.4 Å². The number of anilines is 1. The topological polar surface area (TPSA) is 115 Å². The van der Waals surface area contributed by atoms with E-state index < -0.39 is 5.91 Å². The van der Waals surface area contributed by atoms with E-state index in [1.165, 1.54) is 12.3 Å². The Kier molecular flexibility index (Phi) is 3.88. The van der Waals surface area contributed by atoms with Crippen LogP contribution in [0.3, 0.4) is 0 Å². The van der Waals surface area contributed by atoms with Gasteiger partial charge in [0.1, 0.15) is 5.69 Å². The fourth-order valence-corrected chi connectivity index (χ4v) is 2.64. The molecule has 1 fully saturated rings. The van der Waals surface area contributed by atoms with Crippen LogP contribution in [0.25, 0.3) is 0 Å². The third-order valence-corrected chi connectivity index (χ3v) is 3.89. The monoisotopic (exact) mass is 315 g/mol. The zero-order valence-corrected chi connectivity index (χ0v) is 12.4. The Balaban J connectivity index is 1.65. The summed E-state index contributed by atoms with van der Waals surface area (Å²) in [5, 5.41) is 0. The largest absolute Gasteiger partial charge is 0.368 e. The minimum atomic E-state index is -0.594. The van der Waals surface area contributed by atoms with Crippen LogP contribution in [0.1, 0.15) is 20.8 Å². The molecule has 8 nitrogen and oxygen atoms in total. The molecule has 1 aliphatic rings. The third kappa shape index (κ3) is 3.10. The minimum Gasteiger partial charge on any atom is -0.368 e. The van der Waals surface area contributed by atoms with Crippen LogP contribution in [0, 0.1) is 0 Å². The van der Waals surface area contributed by atoms with E-state index >= 15 is 0 Å². The standard InChI is InChI=1S/C15H17N5O3/c16-14(22)12-7-10(9-18-12)15(23)20-5-3-19(4-6-20)11-1-2-17-13(21)8-11/h1-2,7-9,18H,3-6H2,(H2,16,22)(H,17,21). The van der Waals surface area contributed by atoms with Crippen molar-refractivity contribution in [1.82, 2.24) is 14.9 Å². The van der Waals surface area contributed by atoms with Gasteiger partial charge >= 0.3 is 0 Å². The lowest BCUT2D eigenvalue weighted by atomic mass is 10.2. The first-order valence-corrected chi connectivity index (χ1v) is 7.26. The molecule has 2 amide bonds. The zero-order valence-electron chi connectivity index (χ0n) is 12.4. The normalized spacial score (nSPS) is 14.8. The molecule has 2 aromatic rings. The number of amides is 2. The molecule has 0 aliphatic carbocycles. The Bertz CT molecular complexity index is 786. The third-order valence-electron chi connectivity index (χ3n) is 3.89. The number of aromatic nitrogens is 2. The Morgan fingerprint density at radius 2 is 1.83 bits per heavy atom. The first kappa shape index (κ1) is 14.9. The number of hydrogen-bond acceptors (Lipinski definition) is 4. The Labute approximate surface area is 131 Å². The van der Waals surface area contributed by atoms with Crippen LogP contribution in [0.4, 0.5) is 5.69 Å². The molecule has 1 saturated heterocycles. The molecule has 3 rings (SSSR count). The predicted octanol–water partition coefficient (Wildman–Crippen LogP) is -0.236. The highest BCUT2D eigenvalue weighted by molar-refractivity contribution is 5.98. The summed E-state index contributed by atoms with van der Waals surface area (Å²) in [5.74, 6) is -0.734. The predicted molar refractivity (Wildman–Crippen MR) is 84.5 cm³/mol. The van der Waals surface area contributed by atoms with Crippen LogP contribution in [-0.2, 0) is 0 Å². The number of aromatic amines is 2. The number of rotatable bonds is 3. The Morgan fingerprint density at radius 3 is 2.43 bits per heavy atom. The average molecular weight is 315 g/mol. The van der Waals surface area contributed by atoms with Gasteiger partial charge in [0.25, 0.3) is 11.8 Å². The number of H-pyrrole nitrogens is 2. The second kappa shape index (κ2) is 5.99. The van der Waals surface area contributed by atoms with Gasteiger partial charge in [0.15, 0.2) is 0 Å². The van der Waals surface area contributed by atoms with E-state index in [-0.39, 0.29) is 17.2 Å². The molecule has 23 heavy (non-hydrogen) atoms. The number of hydrogen-bond donors (Lipinski definition) is 3. The quantitative estimate of drug-likeness (QED) is 0.725. The summed E-state index contributed by atoms with van der Waals surface area (Å²) in [6, 6.07) is 4.85. The SMILES string of the molecule is NC(=O)c1cc(C(=O)N2CCN(c3cc[nH]c(=O)c3)CC2)c[nH]1. The average Bonchev–Trinajstić information content (AvgIpc) is 3.04. The van der Waals surface area contributed by atoms with E-state index in [1.54, 1.807) is 17.2 Å². The van der Waals surface area contributed by atoms with Crippen molar-refractivity contribution in [3.05, 3.63) is 52.2 Å². The summed E-state index contributed by atoms with van der Waals surface area (Å²) in [6.07, 6.45) is 3.10. The first-order chi connectivity index (χ1) is 11.0. The van der Waals surface area contributed by atoms with Crippen LogP contribution < -0.4 is 16.2 Å². The molecule has 0 atom stereocenters. The molecule has 4 N–H and O–H groups in total. The van der Waals surface area contributed by atoms with Gasteiger partial charge in [-0.15, -0.1) is 0 Å². The number of nitrogens with two attached hydrogens (primary N) is 1. The van der Waals surface area contributed by atoms with Gasteiger partial charge in [-0.3, -0.25) is 14.4 Å². The van der Waals surface area contributed by atoms with Crippen LogP contribution in [0.2, 0.25) is 0 Å². The molecule has 3 heterocycles. The molecule has 0 saturated carbocycles. The van der Waals surface area contributed by atoms with E-state index in [4.69, 9.17) is 5.73 Å². The van der Waals surface area contributed by atoms with Crippen molar-refractivity contribution in [2.75, 3.05) is 31.1 Å². The van der Waals surface area contributed by atoms with E-state index in [0.29, 0.717) is 31.7 Å². The van der Waals surface area contributed by atoms with Crippen molar-refractivity contribution >= 4 is 17.5 Å². The molecule has 2 aromatic heterocycles. The van der Waals surface area contributed by atoms with Crippen LogP contribution in [-0.4, -0.2) is 52.9 Å².